The number of piperidine rings is 2. The molecule has 2 aromatic carbocycles. The Morgan fingerprint density at radius 3 is 2.55 bits per heavy atom. The summed E-state index contributed by atoms with van der Waals surface area (Å²) in [6, 6.07) is 13.1. The van der Waals surface area contributed by atoms with Gasteiger partial charge in [-0.05, 0) is 69.1 Å². The number of carbonyl (C=O) groups excluding carboxylic acids is 3. The predicted octanol–water partition coefficient (Wildman–Crippen LogP) is 5.50. The molecule has 1 N–H and O–H groups in total. The Hall–Kier alpha value is -2.85. The lowest BCUT2D eigenvalue weighted by atomic mass is 9.84. The molecule has 2 aromatic rings. The first-order chi connectivity index (χ1) is 20.2. The number of fused-ring (bicyclic) bond motifs is 1. The highest BCUT2D eigenvalue weighted by Gasteiger charge is 2.51. The summed E-state index contributed by atoms with van der Waals surface area (Å²) in [6.45, 7) is 2.43. The molecule has 2 fully saturated rings. The van der Waals surface area contributed by atoms with E-state index < -0.39 is 11.8 Å². The fourth-order valence-corrected chi connectivity index (χ4v) is 7.07. The van der Waals surface area contributed by atoms with Gasteiger partial charge in [0.1, 0.15) is 18.6 Å². The van der Waals surface area contributed by atoms with Crippen molar-refractivity contribution in [3.05, 3.63) is 63.6 Å². The molecule has 3 aliphatic heterocycles. The summed E-state index contributed by atoms with van der Waals surface area (Å²) in [7, 11) is 4.17. The van der Waals surface area contributed by atoms with Crippen LogP contribution in [0, 0.1) is 0 Å². The van der Waals surface area contributed by atoms with Crippen LogP contribution in [0.3, 0.4) is 0 Å². The van der Waals surface area contributed by atoms with Crippen molar-refractivity contribution in [3.8, 4) is 0 Å². The molecule has 0 spiro atoms. The van der Waals surface area contributed by atoms with E-state index in [0.29, 0.717) is 42.0 Å². The number of nitrogens with zero attached hydrogens (tertiary/aromatic N) is 4. The van der Waals surface area contributed by atoms with Gasteiger partial charge in [-0.1, -0.05) is 47.5 Å². The van der Waals surface area contributed by atoms with Crippen molar-refractivity contribution >= 4 is 47.3 Å². The van der Waals surface area contributed by atoms with Gasteiger partial charge in [-0.25, -0.2) is 9.59 Å². The number of halogens is 2. The minimum atomic E-state index is -0.907. The van der Waals surface area contributed by atoms with Crippen LogP contribution < -0.4 is 5.32 Å². The zero-order chi connectivity index (χ0) is 29.9. The summed E-state index contributed by atoms with van der Waals surface area (Å²) in [5.41, 5.74) is 1.75. The van der Waals surface area contributed by atoms with Crippen molar-refractivity contribution in [2.75, 3.05) is 45.6 Å². The van der Waals surface area contributed by atoms with Crippen LogP contribution in [0.25, 0.3) is 0 Å². The average molecular weight is 617 g/mol. The standard InChI is InChI=1S/C31H39Cl2N5O4/c1-35(2)24-10-14-36(15-11-24)31(13-18-39)20-25(37-16-9-23-5-3-4-6-28(23)34-29(37)40)12-17-38(31)30(41)42-21-22-7-8-26(32)27(33)19-22/h3-8,18-19,24-25H,9-17,20-21H2,1-2H3,(H,34,40)/t25-,31+/m1/s1. The Balaban J connectivity index is 1.40. The maximum Gasteiger partial charge on any atom is 0.411 e. The zero-order valence-corrected chi connectivity index (χ0v) is 25.7. The molecule has 0 unspecified atom stereocenters. The lowest BCUT2D eigenvalue weighted by molar-refractivity contribution is -0.128. The molecule has 0 bridgehead atoms. The van der Waals surface area contributed by atoms with Gasteiger partial charge in [-0.3, -0.25) is 9.80 Å². The van der Waals surface area contributed by atoms with E-state index in [1.54, 1.807) is 23.1 Å². The molecular formula is C31H39Cl2N5O4. The highest BCUT2D eigenvalue weighted by Crippen LogP contribution is 2.39. The van der Waals surface area contributed by atoms with Crippen molar-refractivity contribution in [3.63, 3.8) is 0 Å². The molecule has 0 radical (unpaired) electrons. The van der Waals surface area contributed by atoms with Gasteiger partial charge in [0.05, 0.1) is 10.0 Å². The molecule has 226 valence electrons. The molecule has 3 amide bonds. The van der Waals surface area contributed by atoms with Crippen molar-refractivity contribution in [2.45, 2.75) is 62.9 Å². The summed E-state index contributed by atoms with van der Waals surface area (Å²) in [4.78, 5) is 47.7. The van der Waals surface area contributed by atoms with Gasteiger partial charge in [-0.2, -0.15) is 0 Å². The highest BCUT2D eigenvalue weighted by atomic mass is 35.5. The van der Waals surface area contributed by atoms with Crippen molar-refractivity contribution < 1.29 is 19.1 Å². The van der Waals surface area contributed by atoms with E-state index in [4.69, 9.17) is 27.9 Å². The van der Waals surface area contributed by atoms with Crippen molar-refractivity contribution in [2.24, 2.45) is 0 Å². The normalized spacial score (nSPS) is 23.7. The van der Waals surface area contributed by atoms with Crippen LogP contribution >= 0.6 is 23.2 Å². The first-order valence-electron chi connectivity index (χ1n) is 14.6. The quantitative estimate of drug-likeness (QED) is 0.414. The van der Waals surface area contributed by atoms with Crippen LogP contribution in [-0.2, 0) is 22.6 Å². The Morgan fingerprint density at radius 1 is 1.07 bits per heavy atom. The topological polar surface area (TPSA) is 85.4 Å². The molecule has 2 atom stereocenters. The Labute approximate surface area is 257 Å². The number of hydrogen-bond donors (Lipinski definition) is 1. The second-order valence-corrected chi connectivity index (χ2v) is 12.5. The fourth-order valence-electron chi connectivity index (χ4n) is 6.75. The summed E-state index contributed by atoms with van der Waals surface area (Å²) < 4.78 is 5.82. The SMILES string of the molecule is CN(C)C1CCN([C@]2(CC=O)C[C@H](N3CCc4ccccc4NC3=O)CCN2C(=O)OCc2ccc(Cl)c(Cl)c2)CC1. The number of hydrogen-bond acceptors (Lipinski definition) is 6. The Bertz CT molecular complexity index is 1300. The van der Waals surface area contributed by atoms with E-state index in [9.17, 15) is 14.4 Å². The first kappa shape index (κ1) is 30.6. The van der Waals surface area contributed by atoms with Crippen LogP contribution in [0.15, 0.2) is 42.5 Å². The number of urea groups is 1. The zero-order valence-electron chi connectivity index (χ0n) is 24.2. The molecule has 3 heterocycles. The predicted molar refractivity (Wildman–Crippen MR) is 164 cm³/mol. The van der Waals surface area contributed by atoms with Gasteiger partial charge in [0.15, 0.2) is 0 Å². The van der Waals surface area contributed by atoms with Gasteiger partial charge in [0.2, 0.25) is 0 Å². The number of ether oxygens (including phenoxy) is 1. The smallest absolute Gasteiger partial charge is 0.411 e. The minimum absolute atomic E-state index is 0.0301. The first-order valence-corrected chi connectivity index (χ1v) is 15.4. The lowest BCUT2D eigenvalue weighted by Gasteiger charge is -2.56. The Morgan fingerprint density at radius 2 is 1.83 bits per heavy atom. The summed E-state index contributed by atoms with van der Waals surface area (Å²) in [5.74, 6) is 0. The van der Waals surface area contributed by atoms with Crippen LogP contribution in [0.1, 0.15) is 43.2 Å². The summed E-state index contributed by atoms with van der Waals surface area (Å²) >= 11 is 12.2. The van der Waals surface area contributed by atoms with Crippen molar-refractivity contribution in [1.29, 1.82) is 0 Å². The van der Waals surface area contributed by atoms with E-state index in [0.717, 1.165) is 55.5 Å². The second kappa shape index (κ2) is 13.2. The van der Waals surface area contributed by atoms with E-state index in [2.05, 4.69) is 29.2 Å². The third-order valence-corrected chi connectivity index (χ3v) is 9.83. The highest BCUT2D eigenvalue weighted by molar-refractivity contribution is 6.42. The molecule has 0 aliphatic carbocycles. The second-order valence-electron chi connectivity index (χ2n) is 11.7. The third kappa shape index (κ3) is 6.39. The minimum Gasteiger partial charge on any atom is -0.444 e. The lowest BCUT2D eigenvalue weighted by Crippen LogP contribution is -2.69. The molecule has 11 heteroatoms. The number of rotatable bonds is 7. The number of para-hydroxylation sites is 1. The van der Waals surface area contributed by atoms with Crippen LogP contribution in [0.4, 0.5) is 15.3 Å². The molecule has 3 aliphatic rings. The van der Waals surface area contributed by atoms with Crippen LogP contribution in [-0.4, -0.2) is 96.0 Å². The molecule has 0 saturated carbocycles. The van der Waals surface area contributed by atoms with Crippen LogP contribution in [0.2, 0.25) is 10.0 Å². The maximum atomic E-state index is 13.8. The number of anilines is 1. The largest absolute Gasteiger partial charge is 0.444 e. The van der Waals surface area contributed by atoms with E-state index in [-0.39, 0.29) is 25.1 Å². The molecule has 5 rings (SSSR count). The number of likely N-dealkylation sites (tertiary alicyclic amines) is 2. The number of aldehydes is 1. The van der Waals surface area contributed by atoms with Gasteiger partial charge in [-0.15, -0.1) is 0 Å². The molecule has 42 heavy (non-hydrogen) atoms. The van der Waals surface area contributed by atoms with Gasteiger partial charge >= 0.3 is 12.1 Å². The van der Waals surface area contributed by atoms with E-state index >= 15 is 0 Å². The number of nitrogens with one attached hydrogen (secondary N) is 1. The summed E-state index contributed by atoms with van der Waals surface area (Å²) in [5, 5.41) is 3.90. The molecule has 0 aromatic heterocycles. The molecule has 2 saturated heterocycles. The van der Waals surface area contributed by atoms with E-state index in [1.165, 1.54) is 0 Å². The molecular weight excluding hydrogens is 577 g/mol. The average Bonchev–Trinajstić information content (AvgIpc) is 3.15. The van der Waals surface area contributed by atoms with Crippen molar-refractivity contribution in [1.82, 2.24) is 19.6 Å². The number of carbonyl (C=O) groups is 3. The van der Waals surface area contributed by atoms with Gasteiger partial charge in [0, 0.05) is 56.8 Å². The Kier molecular flexibility index (Phi) is 9.62. The van der Waals surface area contributed by atoms with Crippen LogP contribution in [0.5, 0.6) is 0 Å². The number of benzene rings is 2. The third-order valence-electron chi connectivity index (χ3n) is 9.09. The summed E-state index contributed by atoms with van der Waals surface area (Å²) in [6.07, 6.45) is 4.17. The maximum absolute atomic E-state index is 13.8. The van der Waals surface area contributed by atoms with E-state index in [1.807, 2.05) is 29.2 Å². The van der Waals surface area contributed by atoms with Gasteiger partial charge < -0.3 is 24.6 Å². The monoisotopic (exact) mass is 615 g/mol. The fraction of sp³-hybridized carbons (Fsp3) is 0.516. The molecule has 9 nitrogen and oxygen atoms in total. The van der Waals surface area contributed by atoms with Gasteiger partial charge in [0.25, 0.3) is 0 Å². The number of amides is 3.